The van der Waals surface area contributed by atoms with Gasteiger partial charge in [-0.2, -0.15) is 0 Å². The largest absolute Gasteiger partial charge is 0.504 e. The number of aromatic hydroxyl groups is 23. The Balaban J connectivity index is 0.950. The molecule has 25 N–H and O–H groups in total. The molecule has 0 radical (unpaired) electrons. The van der Waals surface area contributed by atoms with Crippen molar-refractivity contribution in [2.75, 3.05) is 13.2 Å². The number of fused-ring (bicyclic) bond motifs is 13. The van der Waals surface area contributed by atoms with E-state index in [4.69, 9.17) is 52.1 Å². The summed E-state index contributed by atoms with van der Waals surface area (Å²) in [6.07, 6.45) is -26.2. The van der Waals surface area contributed by atoms with Crippen LogP contribution in [-0.2, 0) is 47.4 Å². The number of hydrogen-bond donors (Lipinski definition) is 25. The molecule has 5 heterocycles. The average molecular weight is 1570 g/mol. The van der Waals surface area contributed by atoms with Gasteiger partial charge in [-0.1, -0.05) is 0 Å². The van der Waals surface area contributed by atoms with Crippen LogP contribution in [0.3, 0.4) is 0 Å². The number of carbonyl (C=O) groups is 8. The predicted molar refractivity (Wildman–Crippen MR) is 344 cm³/mol. The molecule has 44 nitrogen and oxygen atoms in total. The first-order valence-corrected chi connectivity index (χ1v) is 31.2. The van der Waals surface area contributed by atoms with Crippen LogP contribution in [0.1, 0.15) is 82.9 Å². The molecular weight excluding hydrogens is 1520 g/mol. The molecule has 44 heteroatoms. The molecule has 0 aromatic heterocycles. The van der Waals surface area contributed by atoms with Gasteiger partial charge in [0.05, 0.1) is 51.1 Å². The third-order valence-corrected chi connectivity index (χ3v) is 17.9. The maximum atomic E-state index is 15.9. The number of aliphatic hydroxyl groups excluding tert-OH is 2. The molecule has 0 bridgehead atoms. The second kappa shape index (κ2) is 27.1. The maximum Gasteiger partial charge on any atom is 0.343 e. The Morgan fingerprint density at radius 3 is 1.08 bits per heavy atom. The smallest absolute Gasteiger partial charge is 0.343 e. The van der Waals surface area contributed by atoms with Gasteiger partial charge in [0.1, 0.15) is 30.5 Å². The highest BCUT2D eigenvalue weighted by atomic mass is 16.8. The highest BCUT2D eigenvalue weighted by Gasteiger charge is 2.58. The van der Waals surface area contributed by atoms with Crippen LogP contribution in [0.25, 0.3) is 33.4 Å². The van der Waals surface area contributed by atoms with Crippen LogP contribution < -0.4 is 4.74 Å². The molecule has 0 aliphatic carbocycles. The number of rotatable bonds is 7. The van der Waals surface area contributed by atoms with Gasteiger partial charge in [0.15, 0.2) is 116 Å². The van der Waals surface area contributed by atoms with Gasteiger partial charge >= 0.3 is 47.8 Å². The van der Waals surface area contributed by atoms with Crippen molar-refractivity contribution in [1.82, 2.24) is 0 Å². The molecule has 5 aliphatic heterocycles. The van der Waals surface area contributed by atoms with Gasteiger partial charge in [0.25, 0.3) is 0 Å². The number of phenolic OH excluding ortho intramolecular Hbond substituents is 23. The van der Waals surface area contributed by atoms with Crippen LogP contribution in [-0.4, -0.2) is 250 Å². The summed E-state index contributed by atoms with van der Waals surface area (Å²) in [6.45, 7) is -2.87. The average Bonchev–Trinajstić information content (AvgIpc) is 1.10. The minimum Gasteiger partial charge on any atom is -0.504 e. The van der Waals surface area contributed by atoms with Crippen LogP contribution in [0.4, 0.5) is 0 Å². The van der Waals surface area contributed by atoms with Crippen LogP contribution in [0.5, 0.6) is 144 Å². The number of ether oxygens (including phenoxy) is 11. The van der Waals surface area contributed by atoms with Crippen molar-refractivity contribution in [3.63, 3.8) is 0 Å². The van der Waals surface area contributed by atoms with Crippen molar-refractivity contribution in [3.05, 3.63) is 99.1 Å². The van der Waals surface area contributed by atoms with E-state index in [1.165, 1.54) is 0 Å². The zero-order valence-corrected chi connectivity index (χ0v) is 54.8. The number of carbonyl (C=O) groups excluding carboxylic acids is 8. The second-order valence-corrected chi connectivity index (χ2v) is 24.5. The van der Waals surface area contributed by atoms with Gasteiger partial charge < -0.3 is 180 Å². The molecular formula is C68H48O44. The fourth-order valence-electron chi connectivity index (χ4n) is 12.6. The number of aliphatic hydroxyl groups is 2. The zero-order valence-electron chi connectivity index (χ0n) is 54.8. The van der Waals surface area contributed by atoms with Crippen molar-refractivity contribution < 1.29 is 218 Å². The number of benzene rings is 8. The van der Waals surface area contributed by atoms with Crippen LogP contribution >= 0.6 is 0 Å². The molecule has 8 aromatic carbocycles. The third kappa shape index (κ3) is 11.9. The quantitative estimate of drug-likeness (QED) is 0.0614. The SMILES string of the molecule is O=C(O[C@@H]1O[C@@H]2COC(=O)c3cc(O)c(O)c(O)c3-c3c(O)c(O)c(O)c(Oc4cc(C(=O)O[C@@H]5O[C@H](CO)[C@@H](O)[C@@H]6OC(=O)c7cc(O)c(O)c(O)c7-c7c(cc(O)c(O)c7O)C(=O)O[C@@H]56)cc(O)c4O)c3C(=O)O[C@H]2[C@@H]2OC(=O)c3cc(O)c(O)c(O)c3-c3c(cc(O)c(O)c3O)C(=O)O[C@@H]12)c1cc(O)c(O)c(O)c1. The van der Waals surface area contributed by atoms with Crippen molar-refractivity contribution >= 4 is 47.8 Å². The van der Waals surface area contributed by atoms with Crippen molar-refractivity contribution in [3.8, 4) is 177 Å². The topological polar surface area (TPSA) is 744 Å². The summed E-state index contributed by atoms with van der Waals surface area (Å²) in [5.74, 6) is -54.1. The first kappa shape index (κ1) is 74.8. The van der Waals surface area contributed by atoms with Gasteiger partial charge in [0, 0.05) is 27.8 Å². The summed E-state index contributed by atoms with van der Waals surface area (Å²) in [5.41, 5.74) is -17.9. The summed E-state index contributed by atoms with van der Waals surface area (Å²) >= 11 is 0. The number of cyclic esters (lactones) is 1. The van der Waals surface area contributed by atoms with E-state index in [0.29, 0.717) is 36.4 Å². The van der Waals surface area contributed by atoms with Gasteiger partial charge in [-0.25, -0.2) is 38.4 Å². The third-order valence-electron chi connectivity index (χ3n) is 17.9. The molecule has 2 saturated heterocycles. The van der Waals surface area contributed by atoms with Crippen LogP contribution in [0.2, 0.25) is 0 Å². The molecule has 13 rings (SSSR count). The number of hydrogen-bond acceptors (Lipinski definition) is 44. The van der Waals surface area contributed by atoms with E-state index >= 15 is 9.59 Å². The zero-order chi connectivity index (χ0) is 81.5. The van der Waals surface area contributed by atoms with Crippen LogP contribution in [0, 0.1) is 0 Å². The lowest BCUT2D eigenvalue weighted by atomic mass is 9.90. The first-order valence-electron chi connectivity index (χ1n) is 31.2. The first-order chi connectivity index (χ1) is 52.8. The summed E-state index contributed by atoms with van der Waals surface area (Å²) in [7, 11) is 0. The molecule has 0 saturated carbocycles. The summed E-state index contributed by atoms with van der Waals surface area (Å²) in [4.78, 5) is 118. The van der Waals surface area contributed by atoms with E-state index in [2.05, 4.69) is 0 Å². The lowest BCUT2D eigenvalue weighted by Gasteiger charge is -2.44. The molecule has 112 heavy (non-hydrogen) atoms. The second-order valence-electron chi connectivity index (χ2n) is 24.5. The fraction of sp³-hybridized carbons (Fsp3) is 0.176. The normalized spacial score (nSPS) is 21.2. The Labute approximate surface area is 614 Å². The Kier molecular flexibility index (Phi) is 18.1. The minimum atomic E-state index is -2.90. The van der Waals surface area contributed by atoms with E-state index in [1.54, 1.807) is 0 Å². The molecule has 5 aliphatic rings. The number of esters is 8. The molecule has 584 valence electrons. The highest BCUT2D eigenvalue weighted by molar-refractivity contribution is 6.13. The molecule has 0 unspecified atom stereocenters. The molecule has 0 spiro atoms. The maximum absolute atomic E-state index is 15.9. The monoisotopic (exact) mass is 1570 g/mol. The van der Waals surface area contributed by atoms with Gasteiger partial charge in [-0.3, -0.25) is 0 Å². The van der Waals surface area contributed by atoms with E-state index in [0.717, 1.165) is 0 Å². The fourth-order valence-corrected chi connectivity index (χ4v) is 12.6. The standard InChI is InChI=1S/C68H48O44/c69-10-28-44(85)55-57(109-64(99)17-8-25(76)41(82)47(88)32(17)30-15(62(97)107-55)6-23(74)39(80)45(30)86)67(104-28)112-60(95)13-3-21(72)38(79)27(4-13)103-54-36-35(50(91)51(92)52(54)93)34-14(5-22(73)43(84)49(34)90)61(96)102-11-29-53(106-66(36)101)56-58(68(105-29)111-59(94)12-1-19(70)37(78)20(71)2-12)110-65(100)18-9-26(77)42(83)48(89)33(18)31-16(63(98)108-56)7-24(75)40(81)46(31)87/h1-9,28-29,44,53,55-58,67-93H,10-11H2/t28-,29-,44-,53-,55+,56+,57-,58-,67+,68+/m1/s1. The Morgan fingerprint density at radius 2 is 0.661 bits per heavy atom. The van der Waals surface area contributed by atoms with E-state index in [-0.39, 0.29) is 18.2 Å². The Morgan fingerprint density at radius 1 is 0.330 bits per heavy atom. The number of phenols is 23. The van der Waals surface area contributed by atoms with Crippen molar-refractivity contribution in [2.45, 2.75) is 61.4 Å². The lowest BCUT2D eigenvalue weighted by molar-refractivity contribution is -0.283. The Hall–Kier alpha value is -15.4. The molecule has 0 amide bonds. The summed E-state index contributed by atoms with van der Waals surface area (Å²) in [5, 5.41) is 275. The Bertz CT molecular complexity index is 5480. The molecule has 8 aromatic rings. The summed E-state index contributed by atoms with van der Waals surface area (Å²) in [6, 6.07) is 3.07. The predicted octanol–water partition coefficient (Wildman–Crippen LogP) is 1.75. The van der Waals surface area contributed by atoms with Crippen LogP contribution in [0.15, 0.2) is 54.6 Å². The lowest BCUT2D eigenvalue weighted by Crippen LogP contribution is -2.63. The van der Waals surface area contributed by atoms with Crippen molar-refractivity contribution in [1.29, 1.82) is 0 Å². The summed E-state index contributed by atoms with van der Waals surface area (Å²) < 4.78 is 62.1. The van der Waals surface area contributed by atoms with Gasteiger partial charge in [-0.15, -0.1) is 0 Å². The molecule has 2 fully saturated rings. The van der Waals surface area contributed by atoms with Gasteiger partial charge in [0.2, 0.25) is 70.8 Å². The van der Waals surface area contributed by atoms with Crippen molar-refractivity contribution in [2.24, 2.45) is 0 Å². The highest BCUT2D eigenvalue weighted by Crippen LogP contribution is 2.60. The minimum absolute atomic E-state index is 0.246. The molecule has 10 atom stereocenters. The van der Waals surface area contributed by atoms with Gasteiger partial charge in [-0.05, 0) is 54.6 Å². The van der Waals surface area contributed by atoms with E-state index in [1.807, 2.05) is 0 Å². The van der Waals surface area contributed by atoms with E-state index in [9.17, 15) is 156 Å². The van der Waals surface area contributed by atoms with E-state index < -0.39 is 344 Å².